The molecule has 32 heavy (non-hydrogen) atoms. The fraction of sp³-hybridized carbons (Fsp3) is 0.130. The molecule has 0 fully saturated rings. The van der Waals surface area contributed by atoms with Crippen molar-refractivity contribution in [2.24, 2.45) is 7.05 Å². The molecule has 2 aromatic carbocycles. The van der Waals surface area contributed by atoms with Gasteiger partial charge in [0.2, 0.25) is 0 Å². The van der Waals surface area contributed by atoms with Gasteiger partial charge in [-0.1, -0.05) is 24.3 Å². The van der Waals surface area contributed by atoms with Crippen LogP contribution in [0.3, 0.4) is 0 Å². The number of hydrogen-bond acceptors (Lipinski definition) is 4. The maximum atomic E-state index is 14.6. The van der Waals surface area contributed by atoms with Crippen LogP contribution in [0.15, 0.2) is 72.3 Å². The largest absolute Gasteiger partial charge is 0.338 e. The average molecular weight is 450 g/mol. The van der Waals surface area contributed by atoms with E-state index in [9.17, 15) is 14.0 Å². The van der Waals surface area contributed by atoms with Crippen molar-refractivity contribution in [1.82, 2.24) is 24.4 Å². The number of nitrogens with zero attached hydrogens (tertiary/aromatic N) is 3. The number of nitrogens with one attached hydrogen (secondary N) is 2. The Balaban J connectivity index is 1.74. The minimum absolute atomic E-state index is 0.234. The van der Waals surface area contributed by atoms with Crippen LogP contribution in [-0.4, -0.2) is 25.0 Å². The summed E-state index contributed by atoms with van der Waals surface area (Å²) in [7, 11) is 1.77. The van der Waals surface area contributed by atoms with Gasteiger partial charge in [0.25, 0.3) is 11.5 Å². The Morgan fingerprint density at radius 3 is 2.81 bits per heavy atom. The fourth-order valence-electron chi connectivity index (χ4n) is 3.55. The number of benzene rings is 2. The highest BCUT2D eigenvalue weighted by Gasteiger charge is 2.24. The summed E-state index contributed by atoms with van der Waals surface area (Å²) in [6.45, 7) is 3.91. The SMILES string of the molecule is C=CCn1c(=S)[nH]c2cc(C(=O)NC(c3ccccc3F)c3nccn3C)ccc2c1=O. The molecule has 0 aliphatic heterocycles. The number of aryl methyl sites for hydroxylation is 1. The first-order valence-corrected chi connectivity index (χ1v) is 10.2. The highest BCUT2D eigenvalue weighted by atomic mass is 32.1. The standard InChI is InChI=1S/C23H20FN5O2S/c1-3-11-29-22(31)16-9-8-14(13-18(16)26-23(29)32)21(30)27-19(20-25-10-12-28(20)2)15-6-4-5-7-17(15)24/h3-10,12-13,19H,1,11H2,2H3,(H,26,32)(H,27,30). The summed E-state index contributed by atoms with van der Waals surface area (Å²) in [6.07, 6.45) is 4.89. The Kier molecular flexibility index (Phi) is 5.83. The Morgan fingerprint density at radius 1 is 1.34 bits per heavy atom. The lowest BCUT2D eigenvalue weighted by atomic mass is 10.0. The van der Waals surface area contributed by atoms with Gasteiger partial charge in [-0.15, -0.1) is 6.58 Å². The molecule has 7 nitrogen and oxygen atoms in total. The quantitative estimate of drug-likeness (QED) is 0.348. The lowest BCUT2D eigenvalue weighted by Gasteiger charge is -2.20. The molecule has 2 aromatic heterocycles. The zero-order valence-corrected chi connectivity index (χ0v) is 18.0. The monoisotopic (exact) mass is 449 g/mol. The van der Waals surface area contributed by atoms with E-state index >= 15 is 0 Å². The molecule has 9 heteroatoms. The Morgan fingerprint density at radius 2 is 2.12 bits per heavy atom. The van der Waals surface area contributed by atoms with Crippen LogP contribution < -0.4 is 10.9 Å². The number of hydrogen-bond donors (Lipinski definition) is 2. The number of halogens is 1. The van der Waals surface area contributed by atoms with Crippen LogP contribution in [0.5, 0.6) is 0 Å². The molecule has 0 spiro atoms. The molecule has 2 N–H and O–H groups in total. The van der Waals surface area contributed by atoms with Gasteiger partial charge in [-0.25, -0.2) is 9.37 Å². The van der Waals surface area contributed by atoms with Crippen LogP contribution in [0, 0.1) is 10.6 Å². The molecule has 0 radical (unpaired) electrons. The van der Waals surface area contributed by atoms with Gasteiger partial charge in [0.1, 0.15) is 17.7 Å². The van der Waals surface area contributed by atoms with Gasteiger partial charge in [-0.3, -0.25) is 14.2 Å². The second-order valence-corrected chi connectivity index (χ2v) is 7.61. The van der Waals surface area contributed by atoms with Crippen LogP contribution in [-0.2, 0) is 13.6 Å². The van der Waals surface area contributed by atoms with Crippen LogP contribution in [0.25, 0.3) is 10.9 Å². The first-order chi connectivity index (χ1) is 15.4. The number of aromatic amines is 1. The highest BCUT2D eigenvalue weighted by molar-refractivity contribution is 7.71. The van der Waals surface area contributed by atoms with Crippen molar-refractivity contribution >= 4 is 29.0 Å². The number of carbonyl (C=O) groups is 1. The summed E-state index contributed by atoms with van der Waals surface area (Å²) >= 11 is 5.26. The van der Waals surface area contributed by atoms with E-state index in [4.69, 9.17) is 12.2 Å². The Hall–Kier alpha value is -3.85. The van der Waals surface area contributed by atoms with E-state index < -0.39 is 17.8 Å². The van der Waals surface area contributed by atoms with E-state index in [1.54, 1.807) is 66.5 Å². The van der Waals surface area contributed by atoms with Crippen molar-refractivity contribution in [3.63, 3.8) is 0 Å². The molecule has 0 saturated carbocycles. The van der Waals surface area contributed by atoms with Gasteiger partial charge in [0.05, 0.1) is 10.9 Å². The third-order valence-corrected chi connectivity index (χ3v) is 5.49. The maximum Gasteiger partial charge on any atom is 0.262 e. The first-order valence-electron chi connectivity index (χ1n) is 9.81. The van der Waals surface area contributed by atoms with Crippen molar-refractivity contribution in [3.05, 3.63) is 105 Å². The minimum atomic E-state index is -0.807. The van der Waals surface area contributed by atoms with Gasteiger partial charge >= 0.3 is 0 Å². The van der Waals surface area contributed by atoms with Crippen LogP contribution in [0.4, 0.5) is 4.39 Å². The number of aromatic nitrogens is 4. The van der Waals surface area contributed by atoms with Crippen LogP contribution in [0.2, 0.25) is 0 Å². The smallest absolute Gasteiger partial charge is 0.262 e. The van der Waals surface area contributed by atoms with Crippen molar-refractivity contribution < 1.29 is 9.18 Å². The number of fused-ring (bicyclic) bond motifs is 1. The summed E-state index contributed by atoms with van der Waals surface area (Å²) in [5, 5.41) is 3.26. The first kappa shape index (κ1) is 21.4. The number of H-pyrrole nitrogens is 1. The third kappa shape index (κ3) is 3.90. The maximum absolute atomic E-state index is 14.6. The molecule has 4 rings (SSSR count). The van der Waals surface area contributed by atoms with Gasteiger partial charge in [-0.2, -0.15) is 0 Å². The molecule has 0 saturated heterocycles. The molecule has 162 valence electrons. The lowest BCUT2D eigenvalue weighted by Crippen LogP contribution is -2.31. The van der Waals surface area contributed by atoms with Gasteiger partial charge in [-0.05, 0) is 36.5 Å². The number of carbonyl (C=O) groups excluding carboxylic acids is 1. The number of amides is 1. The molecule has 0 aliphatic rings. The number of rotatable bonds is 6. The van der Waals surface area contributed by atoms with Gasteiger partial charge in [0, 0.05) is 37.1 Å². The summed E-state index contributed by atoms with van der Waals surface area (Å²) in [6, 6.07) is 10.1. The molecule has 1 unspecified atom stereocenters. The van der Waals surface area contributed by atoms with E-state index in [1.165, 1.54) is 10.6 Å². The van der Waals surface area contributed by atoms with E-state index in [-0.39, 0.29) is 16.9 Å². The van der Waals surface area contributed by atoms with E-state index in [0.717, 1.165) is 0 Å². The predicted molar refractivity (Wildman–Crippen MR) is 123 cm³/mol. The van der Waals surface area contributed by atoms with Gasteiger partial charge < -0.3 is 14.9 Å². The van der Waals surface area contributed by atoms with Crippen molar-refractivity contribution in [2.75, 3.05) is 0 Å². The van der Waals surface area contributed by atoms with Crippen molar-refractivity contribution in [1.29, 1.82) is 0 Å². The average Bonchev–Trinajstić information content (AvgIpc) is 3.20. The topological polar surface area (TPSA) is 84.7 Å². The van der Waals surface area contributed by atoms with E-state index in [1.807, 2.05) is 0 Å². The Labute approximate surface area is 187 Å². The third-order valence-electron chi connectivity index (χ3n) is 5.16. The molecule has 0 aliphatic carbocycles. The normalized spacial score (nSPS) is 11.9. The lowest BCUT2D eigenvalue weighted by molar-refractivity contribution is 0.0940. The number of allylic oxidation sites excluding steroid dienone is 1. The van der Waals surface area contributed by atoms with E-state index in [2.05, 4.69) is 21.9 Å². The molecular formula is C23H20FN5O2S. The summed E-state index contributed by atoms with van der Waals surface area (Å²) in [5.74, 6) is -0.417. The molecule has 4 aromatic rings. The zero-order chi connectivity index (χ0) is 22.8. The van der Waals surface area contributed by atoms with Crippen LogP contribution >= 0.6 is 12.2 Å². The predicted octanol–water partition coefficient (Wildman–Crippen LogP) is 3.64. The number of imidazole rings is 1. The second-order valence-electron chi connectivity index (χ2n) is 7.22. The van der Waals surface area contributed by atoms with Crippen molar-refractivity contribution in [3.8, 4) is 0 Å². The van der Waals surface area contributed by atoms with Crippen molar-refractivity contribution in [2.45, 2.75) is 12.6 Å². The highest BCUT2D eigenvalue weighted by Crippen LogP contribution is 2.24. The fourth-order valence-corrected chi connectivity index (χ4v) is 3.82. The molecule has 1 amide bonds. The zero-order valence-electron chi connectivity index (χ0n) is 17.2. The second kappa shape index (κ2) is 8.72. The Bertz CT molecular complexity index is 1450. The molecule has 0 bridgehead atoms. The molecule has 1 atom stereocenters. The van der Waals surface area contributed by atoms with Gasteiger partial charge in [0.15, 0.2) is 4.77 Å². The minimum Gasteiger partial charge on any atom is -0.338 e. The molecule has 2 heterocycles. The summed E-state index contributed by atoms with van der Waals surface area (Å²) < 4.78 is 17.9. The summed E-state index contributed by atoms with van der Waals surface area (Å²) in [5.41, 5.74) is 0.752. The van der Waals surface area contributed by atoms with E-state index in [0.29, 0.717) is 27.9 Å². The van der Waals surface area contributed by atoms with Crippen LogP contribution in [0.1, 0.15) is 27.8 Å². The summed E-state index contributed by atoms with van der Waals surface area (Å²) in [4.78, 5) is 33.1. The molecular weight excluding hydrogens is 429 g/mol.